The van der Waals surface area contributed by atoms with Crippen LogP contribution in [0.2, 0.25) is 0 Å². The Kier molecular flexibility index (Phi) is 3.42. The van der Waals surface area contributed by atoms with Crippen molar-refractivity contribution in [2.45, 2.75) is 25.3 Å². The van der Waals surface area contributed by atoms with Crippen LogP contribution >= 0.6 is 0 Å². The first-order valence-electron chi connectivity index (χ1n) is 6.92. The molecule has 3 rings (SSSR count). The van der Waals surface area contributed by atoms with E-state index in [1.54, 1.807) is 7.05 Å². The van der Waals surface area contributed by atoms with Crippen molar-refractivity contribution in [2.24, 2.45) is 5.92 Å². The number of hydrogen-bond donors (Lipinski definition) is 2. The maximum absolute atomic E-state index is 13.9. The summed E-state index contributed by atoms with van der Waals surface area (Å²) in [5, 5.41) is 5.85. The van der Waals surface area contributed by atoms with E-state index in [4.69, 9.17) is 0 Å². The minimum atomic E-state index is -0.401. The molecule has 2 aliphatic rings. The zero-order chi connectivity index (χ0) is 14.1. The van der Waals surface area contributed by atoms with Gasteiger partial charge in [0.2, 0.25) is 11.9 Å². The van der Waals surface area contributed by atoms with Gasteiger partial charge in [0.15, 0.2) is 11.6 Å². The predicted octanol–water partition coefficient (Wildman–Crippen LogP) is 0.762. The second-order valence-corrected chi connectivity index (χ2v) is 5.32. The normalized spacial score (nSPS) is 25.9. The largest absolute Gasteiger partial charge is 0.357 e. The zero-order valence-electron chi connectivity index (χ0n) is 11.4. The molecule has 2 fully saturated rings. The van der Waals surface area contributed by atoms with E-state index in [-0.39, 0.29) is 11.9 Å². The Morgan fingerprint density at radius 1 is 1.50 bits per heavy atom. The highest BCUT2D eigenvalue weighted by Crippen LogP contribution is 2.29. The lowest BCUT2D eigenvalue weighted by molar-refractivity contribution is -0.124. The molecule has 6 nitrogen and oxygen atoms in total. The highest BCUT2D eigenvalue weighted by atomic mass is 19.1. The number of nitrogens with one attached hydrogen (secondary N) is 2. The number of halogens is 1. The molecule has 0 radical (unpaired) electrons. The van der Waals surface area contributed by atoms with Gasteiger partial charge < -0.3 is 15.5 Å². The molecule has 1 aromatic heterocycles. The highest BCUT2D eigenvalue weighted by molar-refractivity contribution is 5.77. The molecule has 7 heteroatoms. The van der Waals surface area contributed by atoms with Crippen molar-refractivity contribution < 1.29 is 9.18 Å². The lowest BCUT2D eigenvalue weighted by atomic mass is 9.85. The molecule has 2 N–H and O–H groups in total. The summed E-state index contributed by atoms with van der Waals surface area (Å²) >= 11 is 0. The van der Waals surface area contributed by atoms with Crippen molar-refractivity contribution in [1.29, 1.82) is 0 Å². The summed E-state index contributed by atoms with van der Waals surface area (Å²) in [7, 11) is 1.71. The van der Waals surface area contributed by atoms with E-state index < -0.39 is 5.82 Å². The average Bonchev–Trinajstić information content (AvgIpc) is 2.47. The van der Waals surface area contributed by atoms with Gasteiger partial charge in [0.1, 0.15) is 0 Å². The molecule has 0 aromatic carbocycles. The Bertz CT molecular complexity index is 523. The van der Waals surface area contributed by atoms with E-state index in [0.29, 0.717) is 30.6 Å². The smallest absolute Gasteiger partial charge is 0.224 e. The molecule has 2 atom stereocenters. The number of nitrogens with zero attached hydrogens (tertiary/aromatic N) is 3. The van der Waals surface area contributed by atoms with Gasteiger partial charge in [0, 0.05) is 32.6 Å². The van der Waals surface area contributed by atoms with Crippen LogP contribution in [0.15, 0.2) is 6.20 Å². The molecule has 0 spiro atoms. The number of carbonyl (C=O) groups is 1. The molecule has 1 aromatic rings. The predicted molar refractivity (Wildman–Crippen MR) is 73.0 cm³/mol. The van der Waals surface area contributed by atoms with E-state index >= 15 is 0 Å². The molecule has 108 valence electrons. The van der Waals surface area contributed by atoms with Crippen molar-refractivity contribution in [1.82, 2.24) is 15.3 Å². The van der Waals surface area contributed by atoms with Crippen LogP contribution in [0.25, 0.3) is 0 Å². The molecular weight excluding hydrogens is 261 g/mol. The number of piperidine rings is 2. The minimum absolute atomic E-state index is 0.130. The summed E-state index contributed by atoms with van der Waals surface area (Å²) in [5.74, 6) is 0.863. The molecule has 2 saturated heterocycles. The van der Waals surface area contributed by atoms with Crippen molar-refractivity contribution >= 4 is 17.7 Å². The van der Waals surface area contributed by atoms with Crippen molar-refractivity contribution in [2.75, 3.05) is 30.4 Å². The van der Waals surface area contributed by atoms with Gasteiger partial charge in [-0.1, -0.05) is 0 Å². The SMILES string of the molecule is CNc1ncc(F)c(N2CCC3NC(=O)CCC3C2)n1. The fraction of sp³-hybridized carbons (Fsp3) is 0.615. The maximum atomic E-state index is 13.9. The summed E-state index contributed by atoms with van der Waals surface area (Å²) in [4.78, 5) is 21.4. The van der Waals surface area contributed by atoms with Crippen molar-refractivity contribution in [3.63, 3.8) is 0 Å². The van der Waals surface area contributed by atoms with E-state index in [9.17, 15) is 9.18 Å². The van der Waals surface area contributed by atoms with Gasteiger partial charge in [-0.3, -0.25) is 4.79 Å². The van der Waals surface area contributed by atoms with Gasteiger partial charge in [-0.25, -0.2) is 9.37 Å². The van der Waals surface area contributed by atoms with Crippen LogP contribution in [0.5, 0.6) is 0 Å². The number of rotatable bonds is 2. The van der Waals surface area contributed by atoms with Gasteiger partial charge in [0.05, 0.1) is 6.20 Å². The molecule has 20 heavy (non-hydrogen) atoms. The molecular formula is C13H18FN5O. The quantitative estimate of drug-likeness (QED) is 0.836. The topological polar surface area (TPSA) is 70.2 Å². The number of carbonyl (C=O) groups excluding carboxylic acids is 1. The number of hydrogen-bond acceptors (Lipinski definition) is 5. The van der Waals surface area contributed by atoms with E-state index in [1.165, 1.54) is 6.20 Å². The Hall–Kier alpha value is -1.92. The van der Waals surface area contributed by atoms with E-state index in [1.807, 2.05) is 4.90 Å². The van der Waals surface area contributed by atoms with Crippen LogP contribution in [-0.4, -0.2) is 42.1 Å². The second kappa shape index (κ2) is 5.22. The standard InChI is InChI=1S/C13H18FN5O/c1-15-13-16-6-9(14)12(18-13)19-5-4-10-8(7-19)2-3-11(20)17-10/h6,8,10H,2-5,7H2,1H3,(H,17,20)(H,15,16,18). The molecule has 0 saturated carbocycles. The first-order valence-corrected chi connectivity index (χ1v) is 6.92. The minimum Gasteiger partial charge on any atom is -0.357 e. The highest BCUT2D eigenvalue weighted by Gasteiger charge is 2.34. The lowest BCUT2D eigenvalue weighted by Crippen LogP contribution is -2.54. The summed E-state index contributed by atoms with van der Waals surface area (Å²) in [6.07, 6.45) is 3.44. The molecule has 2 aliphatic heterocycles. The summed E-state index contributed by atoms with van der Waals surface area (Å²) < 4.78 is 13.9. The number of fused-ring (bicyclic) bond motifs is 1. The van der Waals surface area contributed by atoms with Crippen LogP contribution in [0.1, 0.15) is 19.3 Å². The molecule has 0 aliphatic carbocycles. The number of aromatic nitrogens is 2. The van der Waals surface area contributed by atoms with Crippen LogP contribution in [0.4, 0.5) is 16.2 Å². The second-order valence-electron chi connectivity index (χ2n) is 5.32. The number of amides is 1. The molecule has 3 heterocycles. The third kappa shape index (κ3) is 2.39. The van der Waals surface area contributed by atoms with Crippen LogP contribution in [0.3, 0.4) is 0 Å². The van der Waals surface area contributed by atoms with Gasteiger partial charge >= 0.3 is 0 Å². The summed E-state index contributed by atoms with van der Waals surface area (Å²) in [6, 6.07) is 0.223. The molecule has 2 unspecified atom stereocenters. The van der Waals surface area contributed by atoms with Gasteiger partial charge in [-0.2, -0.15) is 4.98 Å². The molecule has 0 bridgehead atoms. The third-order valence-corrected chi connectivity index (χ3v) is 4.07. The third-order valence-electron chi connectivity index (χ3n) is 4.07. The molecule has 1 amide bonds. The van der Waals surface area contributed by atoms with Crippen molar-refractivity contribution in [3.05, 3.63) is 12.0 Å². The summed E-state index contributed by atoms with van der Waals surface area (Å²) in [5.41, 5.74) is 0. The maximum Gasteiger partial charge on any atom is 0.224 e. The first kappa shape index (κ1) is 13.1. The van der Waals surface area contributed by atoms with Crippen LogP contribution in [-0.2, 0) is 4.79 Å². The van der Waals surface area contributed by atoms with Crippen LogP contribution < -0.4 is 15.5 Å². The van der Waals surface area contributed by atoms with Gasteiger partial charge in [-0.15, -0.1) is 0 Å². The fourth-order valence-corrected chi connectivity index (χ4v) is 3.00. The monoisotopic (exact) mass is 279 g/mol. The fourth-order valence-electron chi connectivity index (χ4n) is 3.00. The number of anilines is 2. The Labute approximate surface area is 116 Å². The lowest BCUT2D eigenvalue weighted by Gasteiger charge is -2.41. The van der Waals surface area contributed by atoms with Crippen LogP contribution in [0, 0.1) is 11.7 Å². The Morgan fingerprint density at radius 2 is 2.35 bits per heavy atom. The Balaban J connectivity index is 1.77. The van der Waals surface area contributed by atoms with Crippen molar-refractivity contribution in [3.8, 4) is 0 Å². The first-order chi connectivity index (χ1) is 9.67. The van der Waals surface area contributed by atoms with E-state index in [2.05, 4.69) is 20.6 Å². The average molecular weight is 279 g/mol. The van der Waals surface area contributed by atoms with Gasteiger partial charge in [-0.05, 0) is 18.8 Å². The zero-order valence-corrected chi connectivity index (χ0v) is 11.4. The summed E-state index contributed by atoms with van der Waals surface area (Å²) in [6.45, 7) is 1.42. The Morgan fingerprint density at radius 3 is 3.15 bits per heavy atom. The van der Waals surface area contributed by atoms with Gasteiger partial charge in [0.25, 0.3) is 0 Å². The van der Waals surface area contributed by atoms with E-state index in [0.717, 1.165) is 19.4 Å².